The van der Waals surface area contributed by atoms with Gasteiger partial charge in [0.05, 0.1) is 0 Å². The van der Waals surface area contributed by atoms with E-state index in [1.807, 2.05) is 0 Å². The van der Waals surface area contributed by atoms with E-state index in [-0.39, 0.29) is 17.5 Å². The summed E-state index contributed by atoms with van der Waals surface area (Å²) < 4.78 is 18.3. The number of aryl methyl sites for hydroxylation is 1. The molecule has 0 spiro atoms. The van der Waals surface area contributed by atoms with E-state index in [0.717, 1.165) is 0 Å². The van der Waals surface area contributed by atoms with Crippen LogP contribution in [-0.4, -0.2) is 21.8 Å². The number of aliphatic hydroxyl groups excluding tert-OH is 1. The van der Waals surface area contributed by atoms with Crippen LogP contribution in [0.25, 0.3) is 11.4 Å². The fourth-order valence-corrected chi connectivity index (χ4v) is 1.50. The minimum atomic E-state index is -0.883. The average molecular weight is 251 g/mol. The smallest absolute Gasteiger partial charge is 0.255 e. The van der Waals surface area contributed by atoms with Crippen LogP contribution in [0.2, 0.25) is 0 Å². The lowest BCUT2D eigenvalue weighted by molar-refractivity contribution is 0.127. The minimum Gasteiger partial charge on any atom is -0.383 e. The summed E-state index contributed by atoms with van der Waals surface area (Å²) in [5.41, 5.74) is 6.38. The molecule has 0 amide bonds. The molecule has 0 unspecified atom stereocenters. The highest BCUT2D eigenvalue weighted by molar-refractivity contribution is 5.54. The van der Waals surface area contributed by atoms with Gasteiger partial charge in [0.2, 0.25) is 5.82 Å². The molecule has 0 radical (unpaired) electrons. The number of hydrogen-bond acceptors (Lipinski definition) is 5. The van der Waals surface area contributed by atoms with Crippen molar-refractivity contribution in [3.8, 4) is 11.4 Å². The summed E-state index contributed by atoms with van der Waals surface area (Å²) in [6.07, 6.45) is -0.546. The Morgan fingerprint density at radius 2 is 2.28 bits per heavy atom. The predicted molar refractivity (Wildman–Crippen MR) is 63.1 cm³/mol. The van der Waals surface area contributed by atoms with Gasteiger partial charge in [0, 0.05) is 5.56 Å². The second-order valence-corrected chi connectivity index (χ2v) is 4.01. The molecule has 0 aliphatic rings. The molecular formula is C12H14FN3O2. The normalized spacial score (nSPS) is 12.7. The average Bonchev–Trinajstić information content (AvgIpc) is 2.82. The van der Waals surface area contributed by atoms with E-state index in [1.165, 1.54) is 6.07 Å². The molecule has 1 atom stereocenters. The molecule has 2 aromatic rings. The van der Waals surface area contributed by atoms with Crippen LogP contribution >= 0.6 is 0 Å². The molecule has 0 saturated heterocycles. The molecule has 0 fully saturated rings. The zero-order valence-electron chi connectivity index (χ0n) is 9.93. The highest BCUT2D eigenvalue weighted by atomic mass is 19.1. The standard InChI is InChI=1S/C12H14FN3O2/c1-7-2-3-8(6-9(7)13)11-15-12(18-16-11)10(17)4-5-14/h2-3,6,10,17H,4-5,14H2,1H3/t10-/m0/s1. The third kappa shape index (κ3) is 2.55. The molecule has 1 aromatic heterocycles. The van der Waals surface area contributed by atoms with Crippen molar-refractivity contribution in [1.82, 2.24) is 10.1 Å². The van der Waals surface area contributed by atoms with Gasteiger partial charge in [-0.2, -0.15) is 4.98 Å². The summed E-state index contributed by atoms with van der Waals surface area (Å²) in [7, 11) is 0. The Bertz CT molecular complexity index is 542. The molecule has 96 valence electrons. The molecule has 3 N–H and O–H groups in total. The third-order valence-corrected chi connectivity index (χ3v) is 2.60. The lowest BCUT2D eigenvalue weighted by atomic mass is 10.1. The first kappa shape index (κ1) is 12.7. The van der Waals surface area contributed by atoms with Crippen LogP contribution in [0.5, 0.6) is 0 Å². The van der Waals surface area contributed by atoms with Gasteiger partial charge < -0.3 is 15.4 Å². The van der Waals surface area contributed by atoms with Crippen molar-refractivity contribution in [2.24, 2.45) is 5.73 Å². The zero-order valence-corrected chi connectivity index (χ0v) is 9.93. The predicted octanol–water partition coefficient (Wildman–Crippen LogP) is 1.57. The summed E-state index contributed by atoms with van der Waals surface area (Å²) in [6, 6.07) is 4.67. The van der Waals surface area contributed by atoms with Gasteiger partial charge >= 0.3 is 0 Å². The molecule has 6 heteroatoms. The molecule has 5 nitrogen and oxygen atoms in total. The van der Waals surface area contributed by atoms with Gasteiger partial charge in [-0.15, -0.1) is 0 Å². The van der Waals surface area contributed by atoms with Crippen molar-refractivity contribution in [3.05, 3.63) is 35.5 Å². The van der Waals surface area contributed by atoms with E-state index in [2.05, 4.69) is 10.1 Å². The minimum absolute atomic E-state index is 0.0939. The summed E-state index contributed by atoms with van der Waals surface area (Å²) in [4.78, 5) is 4.02. The quantitative estimate of drug-likeness (QED) is 0.861. The third-order valence-electron chi connectivity index (χ3n) is 2.60. The number of halogens is 1. The van der Waals surface area contributed by atoms with Gasteiger partial charge in [-0.05, 0) is 31.5 Å². The Labute approximate surface area is 103 Å². The lowest BCUT2D eigenvalue weighted by Crippen LogP contribution is -2.06. The maximum Gasteiger partial charge on any atom is 0.255 e. The van der Waals surface area contributed by atoms with Crippen molar-refractivity contribution in [2.75, 3.05) is 6.54 Å². The summed E-state index contributed by atoms with van der Waals surface area (Å²) in [6.45, 7) is 1.99. The topological polar surface area (TPSA) is 85.2 Å². The van der Waals surface area contributed by atoms with E-state index in [1.54, 1.807) is 19.1 Å². The highest BCUT2D eigenvalue weighted by Gasteiger charge is 2.16. The van der Waals surface area contributed by atoms with E-state index >= 15 is 0 Å². The molecule has 1 aromatic carbocycles. The zero-order chi connectivity index (χ0) is 13.1. The molecule has 0 saturated carbocycles. The first-order valence-corrected chi connectivity index (χ1v) is 5.60. The van der Waals surface area contributed by atoms with Crippen LogP contribution in [0.4, 0.5) is 4.39 Å². The van der Waals surface area contributed by atoms with Crippen LogP contribution in [0.1, 0.15) is 24.0 Å². The number of nitrogens with two attached hydrogens (primary N) is 1. The SMILES string of the molecule is Cc1ccc(-c2noc([C@@H](O)CCN)n2)cc1F. The van der Waals surface area contributed by atoms with Crippen LogP contribution in [0.3, 0.4) is 0 Å². The number of aromatic nitrogens is 2. The van der Waals surface area contributed by atoms with Crippen molar-refractivity contribution in [1.29, 1.82) is 0 Å². The second-order valence-electron chi connectivity index (χ2n) is 4.01. The number of rotatable bonds is 4. The van der Waals surface area contributed by atoms with Crippen molar-refractivity contribution < 1.29 is 14.0 Å². The molecule has 0 bridgehead atoms. The van der Waals surface area contributed by atoms with Gasteiger partial charge in [-0.25, -0.2) is 4.39 Å². The number of benzene rings is 1. The van der Waals surface area contributed by atoms with Crippen LogP contribution < -0.4 is 5.73 Å². The lowest BCUT2D eigenvalue weighted by Gasteiger charge is -2.01. The Morgan fingerprint density at radius 3 is 2.94 bits per heavy atom. The Hall–Kier alpha value is -1.79. The van der Waals surface area contributed by atoms with Crippen molar-refractivity contribution in [2.45, 2.75) is 19.4 Å². The van der Waals surface area contributed by atoms with Gasteiger partial charge in [0.25, 0.3) is 5.89 Å². The van der Waals surface area contributed by atoms with Crippen LogP contribution in [0, 0.1) is 12.7 Å². The van der Waals surface area contributed by atoms with E-state index < -0.39 is 6.10 Å². The fraction of sp³-hybridized carbons (Fsp3) is 0.333. The second kappa shape index (κ2) is 5.24. The summed E-state index contributed by atoms with van der Waals surface area (Å²) >= 11 is 0. The Balaban J connectivity index is 2.26. The molecule has 0 aliphatic heterocycles. The molecule has 0 aliphatic carbocycles. The first-order valence-electron chi connectivity index (χ1n) is 5.60. The van der Waals surface area contributed by atoms with Gasteiger partial charge in [0.15, 0.2) is 0 Å². The molecular weight excluding hydrogens is 237 g/mol. The van der Waals surface area contributed by atoms with Gasteiger partial charge in [0.1, 0.15) is 11.9 Å². The molecule has 1 heterocycles. The van der Waals surface area contributed by atoms with Crippen molar-refractivity contribution >= 4 is 0 Å². The van der Waals surface area contributed by atoms with Crippen LogP contribution in [0.15, 0.2) is 22.7 Å². The monoisotopic (exact) mass is 251 g/mol. The highest BCUT2D eigenvalue weighted by Crippen LogP contribution is 2.21. The maximum absolute atomic E-state index is 13.4. The maximum atomic E-state index is 13.4. The Morgan fingerprint density at radius 1 is 1.50 bits per heavy atom. The number of nitrogens with zero attached hydrogens (tertiary/aromatic N) is 2. The van der Waals surface area contributed by atoms with Gasteiger partial charge in [-0.1, -0.05) is 17.3 Å². The largest absolute Gasteiger partial charge is 0.383 e. The van der Waals surface area contributed by atoms with E-state index in [4.69, 9.17) is 10.3 Å². The van der Waals surface area contributed by atoms with E-state index in [9.17, 15) is 9.50 Å². The molecule has 18 heavy (non-hydrogen) atoms. The molecule has 2 rings (SSSR count). The van der Waals surface area contributed by atoms with Crippen molar-refractivity contribution in [3.63, 3.8) is 0 Å². The number of hydrogen-bond donors (Lipinski definition) is 2. The summed E-state index contributed by atoms with van der Waals surface area (Å²) in [5, 5.41) is 13.3. The summed E-state index contributed by atoms with van der Waals surface area (Å²) in [5.74, 6) is 0.0118. The van der Waals surface area contributed by atoms with Crippen LogP contribution in [-0.2, 0) is 0 Å². The first-order chi connectivity index (χ1) is 8.61. The van der Waals surface area contributed by atoms with E-state index in [0.29, 0.717) is 24.1 Å². The number of aliphatic hydroxyl groups is 1. The van der Waals surface area contributed by atoms with Gasteiger partial charge in [-0.3, -0.25) is 0 Å². The fourth-order valence-electron chi connectivity index (χ4n) is 1.50. The Kier molecular flexibility index (Phi) is 3.69.